The van der Waals surface area contributed by atoms with Gasteiger partial charge in [0.15, 0.2) is 23.1 Å². The summed E-state index contributed by atoms with van der Waals surface area (Å²) in [5, 5.41) is 12.2. The summed E-state index contributed by atoms with van der Waals surface area (Å²) in [4.78, 5) is 19.7. The Bertz CT molecular complexity index is 1640. The maximum Gasteiger partial charge on any atom is 0.252 e. The molecule has 0 radical (unpaired) electrons. The van der Waals surface area contributed by atoms with Crippen molar-refractivity contribution in [3.8, 4) is 23.0 Å². The van der Waals surface area contributed by atoms with Gasteiger partial charge >= 0.3 is 0 Å². The van der Waals surface area contributed by atoms with Crippen LogP contribution in [0.2, 0.25) is 0 Å². The number of aliphatic imine (C=N–C) groups is 1. The molecule has 1 amide bonds. The Balaban J connectivity index is 1.55. The number of nitrogens with one attached hydrogen (secondary N) is 1. The summed E-state index contributed by atoms with van der Waals surface area (Å²) >= 11 is 3.68. The van der Waals surface area contributed by atoms with Crippen LogP contribution < -0.4 is 24.3 Å². The van der Waals surface area contributed by atoms with Gasteiger partial charge in [-0.1, -0.05) is 64.5 Å². The molecule has 0 saturated heterocycles. The number of amides is 1. The molecule has 0 fully saturated rings. The summed E-state index contributed by atoms with van der Waals surface area (Å²) in [6, 6.07) is 28.5. The van der Waals surface area contributed by atoms with E-state index < -0.39 is 11.6 Å². The lowest BCUT2D eigenvalue weighted by molar-refractivity contribution is -0.129. The van der Waals surface area contributed by atoms with Gasteiger partial charge in [-0.3, -0.25) is 4.79 Å². The van der Waals surface area contributed by atoms with Crippen molar-refractivity contribution < 1.29 is 33.6 Å². The second-order valence-corrected chi connectivity index (χ2v) is 11.5. The fourth-order valence-corrected chi connectivity index (χ4v) is 5.84. The maximum absolute atomic E-state index is 14.6. The first-order valence-electron chi connectivity index (χ1n) is 14.9. The normalized spacial score (nSPS) is 17.1. The minimum Gasteiger partial charge on any atom is -0.494 e. The molecule has 0 aromatic heterocycles. The van der Waals surface area contributed by atoms with Gasteiger partial charge in [0.1, 0.15) is 5.75 Å². The van der Waals surface area contributed by atoms with Crippen molar-refractivity contribution in [3.63, 3.8) is 0 Å². The van der Waals surface area contributed by atoms with Crippen LogP contribution in [0.3, 0.4) is 0 Å². The van der Waals surface area contributed by atoms with Gasteiger partial charge in [0.2, 0.25) is 11.6 Å². The van der Waals surface area contributed by atoms with Gasteiger partial charge < -0.3 is 34.1 Å². The van der Waals surface area contributed by atoms with Gasteiger partial charge in [0.25, 0.3) is 5.91 Å². The minimum absolute atomic E-state index is 0.0603. The minimum atomic E-state index is -1.36. The molecule has 0 bridgehead atoms. The molecule has 10 heteroatoms. The molecule has 1 aliphatic rings. The van der Waals surface area contributed by atoms with Crippen LogP contribution in [0.25, 0.3) is 0 Å². The largest absolute Gasteiger partial charge is 0.494 e. The first-order chi connectivity index (χ1) is 22.4. The lowest BCUT2D eigenvalue weighted by Gasteiger charge is -2.31. The van der Waals surface area contributed by atoms with Gasteiger partial charge in [0.05, 0.1) is 27.9 Å². The van der Waals surface area contributed by atoms with E-state index >= 15 is 0 Å². The number of hydrogen-bond donors (Lipinski definition) is 2. The second kappa shape index (κ2) is 15.2. The number of nitrogens with zero attached hydrogens (tertiary/aromatic N) is 1. The quantitative estimate of drug-likeness (QED) is 0.155. The monoisotopic (exact) mass is 688 g/mol. The SMILES string of the molecule is COc1cc(CNC(=O)[C@]2(Cc3ccccc3Br)N=C(c3ccc(OCCCO)cc3)O[C@@H]2c2ccccc2)cc(OC)c1OC. The van der Waals surface area contributed by atoms with E-state index in [-0.39, 0.29) is 25.5 Å². The molecule has 4 aromatic carbocycles. The molecule has 2 atom stereocenters. The van der Waals surface area contributed by atoms with E-state index in [9.17, 15) is 4.79 Å². The van der Waals surface area contributed by atoms with E-state index in [1.54, 1.807) is 33.5 Å². The van der Waals surface area contributed by atoms with E-state index in [4.69, 9.17) is 33.8 Å². The smallest absolute Gasteiger partial charge is 0.252 e. The van der Waals surface area contributed by atoms with Gasteiger partial charge in [-0.05, 0) is 59.2 Å². The average Bonchev–Trinajstić information content (AvgIpc) is 3.48. The van der Waals surface area contributed by atoms with E-state index in [1.165, 1.54) is 0 Å². The van der Waals surface area contributed by atoms with Crippen LogP contribution in [0, 0.1) is 0 Å². The molecule has 240 valence electrons. The topological polar surface area (TPSA) is 108 Å². The van der Waals surface area contributed by atoms with Crippen molar-refractivity contribution in [3.05, 3.63) is 118 Å². The van der Waals surface area contributed by atoms with E-state index in [0.29, 0.717) is 47.5 Å². The standard InChI is InChI=1S/C36H37BrN2O7/c1-42-30-20-24(21-31(43-2)32(30)44-3)23-38-35(41)36(22-27-12-7-8-13-29(27)37)33(25-10-5-4-6-11-25)46-34(39-36)26-14-16-28(17-15-26)45-19-9-18-40/h4-8,10-17,20-21,33,40H,9,18-19,22-23H2,1-3H3,(H,38,41)/t33-,36-/m1/s1. The van der Waals surface area contributed by atoms with Crippen LogP contribution in [-0.4, -0.2) is 57.0 Å². The highest BCUT2D eigenvalue weighted by atomic mass is 79.9. The summed E-state index contributed by atoms with van der Waals surface area (Å²) in [6.07, 6.45) is 0.0799. The molecule has 2 N–H and O–H groups in total. The Hall–Kier alpha value is -4.54. The summed E-state index contributed by atoms with van der Waals surface area (Å²) < 4.78 is 29.7. The van der Waals surface area contributed by atoms with Gasteiger partial charge in [0, 0.05) is 36.0 Å². The van der Waals surface area contributed by atoms with Crippen molar-refractivity contribution in [2.75, 3.05) is 34.5 Å². The number of carbonyl (C=O) groups is 1. The van der Waals surface area contributed by atoms with Crippen molar-refractivity contribution >= 4 is 27.7 Å². The number of methoxy groups -OCH3 is 3. The number of carbonyl (C=O) groups excluding carboxylic acids is 1. The van der Waals surface area contributed by atoms with Crippen molar-refractivity contribution in [1.29, 1.82) is 0 Å². The molecule has 4 aromatic rings. The number of rotatable bonds is 14. The molecule has 0 unspecified atom stereocenters. The number of hydrogen-bond acceptors (Lipinski definition) is 8. The van der Waals surface area contributed by atoms with Crippen molar-refractivity contribution in [2.45, 2.75) is 31.0 Å². The third-order valence-electron chi connectivity index (χ3n) is 7.73. The number of benzene rings is 4. The molecule has 1 heterocycles. The number of ether oxygens (including phenoxy) is 5. The molecular weight excluding hydrogens is 652 g/mol. The fraction of sp³-hybridized carbons (Fsp3) is 0.278. The highest BCUT2D eigenvalue weighted by Gasteiger charge is 2.53. The third-order valence-corrected chi connectivity index (χ3v) is 8.50. The van der Waals surface area contributed by atoms with Crippen molar-refractivity contribution in [1.82, 2.24) is 5.32 Å². The van der Waals surface area contributed by atoms with E-state index in [2.05, 4.69) is 21.2 Å². The Morgan fingerprint density at radius 2 is 1.61 bits per heavy atom. The predicted molar refractivity (Wildman–Crippen MR) is 179 cm³/mol. The lowest BCUT2D eigenvalue weighted by atomic mass is 9.82. The molecule has 0 saturated carbocycles. The number of aliphatic hydroxyl groups excluding tert-OH is 1. The lowest BCUT2D eigenvalue weighted by Crippen LogP contribution is -2.49. The summed E-state index contributed by atoms with van der Waals surface area (Å²) in [5.74, 6) is 2.17. The zero-order valence-electron chi connectivity index (χ0n) is 26.0. The Labute approximate surface area is 277 Å². The molecule has 0 aliphatic carbocycles. The van der Waals surface area contributed by atoms with Crippen LogP contribution in [-0.2, 0) is 22.5 Å². The molecule has 5 rings (SSSR count). The summed E-state index contributed by atoms with van der Waals surface area (Å²) in [5.41, 5.74) is 1.84. The number of aliphatic hydroxyl groups is 1. The second-order valence-electron chi connectivity index (χ2n) is 10.7. The first-order valence-corrected chi connectivity index (χ1v) is 15.7. The summed E-state index contributed by atoms with van der Waals surface area (Å²) in [7, 11) is 4.65. The molecule has 9 nitrogen and oxygen atoms in total. The van der Waals surface area contributed by atoms with Crippen LogP contribution in [0.4, 0.5) is 0 Å². The predicted octanol–water partition coefficient (Wildman–Crippen LogP) is 6.05. The van der Waals surface area contributed by atoms with Gasteiger partial charge in [-0.25, -0.2) is 4.99 Å². The summed E-state index contributed by atoms with van der Waals surface area (Å²) in [6.45, 7) is 0.648. The fourth-order valence-electron chi connectivity index (χ4n) is 5.42. The molecule has 46 heavy (non-hydrogen) atoms. The van der Waals surface area contributed by atoms with E-state index in [1.807, 2.05) is 78.9 Å². The van der Waals surface area contributed by atoms with Gasteiger partial charge in [-0.2, -0.15) is 0 Å². The Kier molecular flexibility index (Phi) is 10.8. The number of halogens is 1. The Morgan fingerprint density at radius 1 is 0.935 bits per heavy atom. The van der Waals surface area contributed by atoms with Crippen LogP contribution >= 0.6 is 15.9 Å². The van der Waals surface area contributed by atoms with Gasteiger partial charge in [-0.15, -0.1) is 0 Å². The first kappa shape index (κ1) is 32.8. The maximum atomic E-state index is 14.6. The molecule has 1 aliphatic heterocycles. The Morgan fingerprint density at radius 3 is 2.24 bits per heavy atom. The van der Waals surface area contributed by atoms with Crippen LogP contribution in [0.1, 0.15) is 34.8 Å². The van der Waals surface area contributed by atoms with Crippen LogP contribution in [0.15, 0.2) is 100 Å². The zero-order valence-corrected chi connectivity index (χ0v) is 27.6. The highest BCUT2D eigenvalue weighted by Crippen LogP contribution is 2.44. The average molecular weight is 690 g/mol. The van der Waals surface area contributed by atoms with E-state index in [0.717, 1.165) is 21.2 Å². The van der Waals surface area contributed by atoms with Crippen molar-refractivity contribution in [2.24, 2.45) is 4.99 Å². The van der Waals surface area contributed by atoms with Crippen LogP contribution in [0.5, 0.6) is 23.0 Å². The molecule has 0 spiro atoms. The highest BCUT2D eigenvalue weighted by molar-refractivity contribution is 9.10. The molecular formula is C36H37BrN2O7. The third kappa shape index (κ3) is 7.13. The zero-order chi connectivity index (χ0) is 32.5.